The fraction of sp³-hybridized carbons (Fsp3) is 0.182. The van der Waals surface area contributed by atoms with E-state index in [1.54, 1.807) is 18.1 Å². The lowest BCUT2D eigenvalue weighted by Crippen LogP contribution is -2.48. The van der Waals surface area contributed by atoms with Gasteiger partial charge in [-0.1, -0.05) is 91.0 Å². The minimum atomic E-state index is -0.744. The number of nitrogens with zero attached hydrogens (tertiary/aromatic N) is 1. The van der Waals surface area contributed by atoms with Crippen LogP contribution in [0.3, 0.4) is 0 Å². The minimum Gasteiger partial charge on any atom is -0.360 e. The average Bonchev–Trinajstić information content (AvgIpc) is 3.41. The molecule has 3 amide bonds. The normalized spacial score (nSPS) is 11.7. The van der Waals surface area contributed by atoms with Gasteiger partial charge in [-0.3, -0.25) is 14.4 Å². The molecule has 5 aromatic rings. The Bertz CT molecular complexity index is 1640. The number of aromatic nitrogens is 1. The van der Waals surface area contributed by atoms with Crippen molar-refractivity contribution < 1.29 is 14.4 Å². The zero-order valence-electron chi connectivity index (χ0n) is 22.4. The van der Waals surface area contributed by atoms with Crippen LogP contribution < -0.4 is 10.6 Å². The summed E-state index contributed by atoms with van der Waals surface area (Å²) in [6.07, 6.45) is 2.08. The van der Waals surface area contributed by atoms with Gasteiger partial charge < -0.3 is 20.5 Å². The van der Waals surface area contributed by atoms with Crippen molar-refractivity contribution in [2.75, 3.05) is 13.6 Å². The first-order valence-electron chi connectivity index (χ1n) is 13.4. The van der Waals surface area contributed by atoms with Crippen molar-refractivity contribution >= 4 is 39.4 Å². The van der Waals surface area contributed by atoms with Gasteiger partial charge in [0.05, 0.1) is 5.56 Å². The quantitative estimate of drug-likeness (QED) is 0.241. The molecular weight excluding hydrogens is 500 g/mol. The summed E-state index contributed by atoms with van der Waals surface area (Å²) in [5.74, 6) is -0.726. The van der Waals surface area contributed by atoms with Gasteiger partial charge in [0.15, 0.2) is 0 Å². The molecule has 0 aliphatic carbocycles. The topological polar surface area (TPSA) is 94.3 Å². The number of likely N-dealkylation sites (N-methyl/N-ethyl adjacent to an activating group) is 1. The maximum atomic E-state index is 13.6. The van der Waals surface area contributed by atoms with Crippen LogP contribution in [0.5, 0.6) is 0 Å². The van der Waals surface area contributed by atoms with Crippen LogP contribution in [0.2, 0.25) is 0 Å². The van der Waals surface area contributed by atoms with Gasteiger partial charge in [0.1, 0.15) is 6.04 Å². The summed E-state index contributed by atoms with van der Waals surface area (Å²) in [6, 6.07) is 30.7. The zero-order chi connectivity index (χ0) is 27.9. The van der Waals surface area contributed by atoms with Gasteiger partial charge in [0.25, 0.3) is 5.91 Å². The summed E-state index contributed by atoms with van der Waals surface area (Å²) in [4.78, 5) is 44.0. The highest BCUT2D eigenvalue weighted by molar-refractivity contribution is 6.06. The molecule has 0 bridgehead atoms. The predicted octanol–water partition coefficient (Wildman–Crippen LogP) is 4.83. The van der Waals surface area contributed by atoms with Crippen LogP contribution in [-0.4, -0.2) is 47.2 Å². The van der Waals surface area contributed by atoms with Crippen LogP contribution in [0.1, 0.15) is 27.9 Å². The molecule has 0 radical (unpaired) electrons. The Hall–Kier alpha value is -4.91. The average molecular weight is 533 g/mol. The molecule has 4 aromatic carbocycles. The summed E-state index contributed by atoms with van der Waals surface area (Å²) < 4.78 is 0. The monoisotopic (exact) mass is 532 g/mol. The molecule has 1 aromatic heterocycles. The number of benzene rings is 4. The number of nitrogens with one attached hydrogen (secondary N) is 3. The third-order valence-corrected chi connectivity index (χ3v) is 7.00. The minimum absolute atomic E-state index is 0.0536. The third-order valence-electron chi connectivity index (χ3n) is 7.00. The summed E-state index contributed by atoms with van der Waals surface area (Å²) in [6.45, 7) is 0.589. The number of hydrogen-bond donors (Lipinski definition) is 3. The summed E-state index contributed by atoms with van der Waals surface area (Å²) >= 11 is 0. The molecule has 202 valence electrons. The second-order valence-electron chi connectivity index (χ2n) is 9.94. The first kappa shape index (κ1) is 26.7. The summed E-state index contributed by atoms with van der Waals surface area (Å²) in [5.41, 5.74) is 3.37. The van der Waals surface area contributed by atoms with E-state index >= 15 is 0 Å². The van der Waals surface area contributed by atoms with Gasteiger partial charge in [-0.25, -0.2) is 0 Å². The zero-order valence-corrected chi connectivity index (χ0v) is 22.4. The van der Waals surface area contributed by atoms with Crippen molar-refractivity contribution in [2.45, 2.75) is 25.4 Å². The van der Waals surface area contributed by atoms with E-state index < -0.39 is 6.04 Å². The molecule has 7 heteroatoms. The van der Waals surface area contributed by atoms with Gasteiger partial charge in [-0.05, 0) is 28.0 Å². The maximum absolute atomic E-state index is 13.6. The number of aromatic amines is 1. The van der Waals surface area contributed by atoms with Gasteiger partial charge >= 0.3 is 0 Å². The summed E-state index contributed by atoms with van der Waals surface area (Å²) in [7, 11) is 1.75. The predicted molar refractivity (Wildman–Crippen MR) is 158 cm³/mol. The molecule has 3 N–H and O–H groups in total. The van der Waals surface area contributed by atoms with Crippen LogP contribution in [0.15, 0.2) is 103 Å². The lowest BCUT2D eigenvalue weighted by Gasteiger charge is -2.25. The highest BCUT2D eigenvalue weighted by atomic mass is 16.2. The lowest BCUT2D eigenvalue weighted by atomic mass is 10.0. The Balaban J connectivity index is 1.25. The summed E-state index contributed by atoms with van der Waals surface area (Å²) in [5, 5.41) is 8.77. The molecular formula is C33H32N4O3. The van der Waals surface area contributed by atoms with Crippen LogP contribution >= 0.6 is 0 Å². The highest BCUT2D eigenvalue weighted by Crippen LogP contribution is 2.19. The van der Waals surface area contributed by atoms with E-state index in [0.29, 0.717) is 18.5 Å². The van der Waals surface area contributed by atoms with Gasteiger partial charge in [0, 0.05) is 50.1 Å². The number of carbonyl (C=O) groups excluding carboxylic acids is 3. The molecule has 0 aliphatic rings. The first-order chi connectivity index (χ1) is 19.5. The molecule has 1 atom stereocenters. The van der Waals surface area contributed by atoms with E-state index in [0.717, 1.165) is 32.8 Å². The number of para-hydroxylation sites is 1. The Kier molecular flexibility index (Phi) is 8.21. The maximum Gasteiger partial charge on any atom is 0.253 e. The second kappa shape index (κ2) is 12.3. The molecule has 7 nitrogen and oxygen atoms in total. The van der Waals surface area contributed by atoms with Crippen molar-refractivity contribution in [1.82, 2.24) is 20.5 Å². The highest BCUT2D eigenvalue weighted by Gasteiger charge is 2.25. The molecule has 0 saturated carbocycles. The Morgan fingerprint density at radius 3 is 2.38 bits per heavy atom. The molecule has 0 saturated heterocycles. The Labute approximate surface area is 233 Å². The fourth-order valence-corrected chi connectivity index (χ4v) is 4.91. The van der Waals surface area contributed by atoms with Gasteiger partial charge in [-0.15, -0.1) is 0 Å². The van der Waals surface area contributed by atoms with E-state index in [2.05, 4.69) is 21.7 Å². The lowest BCUT2D eigenvalue weighted by molar-refractivity contribution is -0.135. The number of hydrogen-bond acceptors (Lipinski definition) is 3. The smallest absolute Gasteiger partial charge is 0.253 e. The van der Waals surface area contributed by atoms with E-state index in [-0.39, 0.29) is 30.7 Å². The van der Waals surface area contributed by atoms with Crippen LogP contribution in [-0.2, 0) is 22.6 Å². The van der Waals surface area contributed by atoms with Crippen LogP contribution in [0.4, 0.5) is 0 Å². The number of amides is 3. The molecule has 0 spiro atoms. The van der Waals surface area contributed by atoms with Crippen LogP contribution in [0, 0.1) is 0 Å². The number of fused-ring (bicyclic) bond motifs is 2. The molecule has 40 heavy (non-hydrogen) atoms. The van der Waals surface area contributed by atoms with Crippen molar-refractivity contribution in [3.8, 4) is 0 Å². The van der Waals surface area contributed by atoms with E-state index in [1.165, 1.54) is 0 Å². The van der Waals surface area contributed by atoms with Gasteiger partial charge in [-0.2, -0.15) is 0 Å². The largest absolute Gasteiger partial charge is 0.360 e. The van der Waals surface area contributed by atoms with E-state index in [1.807, 2.05) is 91.0 Å². The van der Waals surface area contributed by atoms with Crippen molar-refractivity contribution in [2.24, 2.45) is 0 Å². The first-order valence-corrected chi connectivity index (χ1v) is 13.4. The van der Waals surface area contributed by atoms with Crippen LogP contribution in [0.25, 0.3) is 21.7 Å². The third kappa shape index (κ3) is 6.38. The fourth-order valence-electron chi connectivity index (χ4n) is 4.91. The van der Waals surface area contributed by atoms with Crippen molar-refractivity contribution in [1.29, 1.82) is 0 Å². The second-order valence-corrected chi connectivity index (χ2v) is 9.94. The molecule has 0 aliphatic heterocycles. The number of H-pyrrole nitrogens is 1. The van der Waals surface area contributed by atoms with E-state index in [9.17, 15) is 14.4 Å². The van der Waals surface area contributed by atoms with Crippen molar-refractivity contribution in [3.63, 3.8) is 0 Å². The van der Waals surface area contributed by atoms with Gasteiger partial charge in [0.2, 0.25) is 11.8 Å². The molecule has 0 fully saturated rings. The molecule has 0 unspecified atom stereocenters. The Morgan fingerprint density at radius 1 is 0.825 bits per heavy atom. The van der Waals surface area contributed by atoms with E-state index in [4.69, 9.17) is 0 Å². The number of carbonyl (C=O) groups is 3. The molecule has 5 rings (SSSR count). The SMILES string of the molecule is CN(Cc1ccccc1)C(=O)[C@H](Cc1ccc2ccccc2c1)NC(=O)CCNC(=O)c1c[nH]c2ccccc12. The Morgan fingerprint density at radius 2 is 1.55 bits per heavy atom. The van der Waals surface area contributed by atoms with Crippen molar-refractivity contribution in [3.05, 3.63) is 120 Å². The number of rotatable bonds is 10. The molecule has 1 heterocycles. The standard InChI is InChI=1S/C33H32N4O3/c1-37(22-23-9-3-2-4-10-23)33(40)30(20-24-15-16-25-11-5-6-12-26(25)19-24)36-31(38)17-18-34-32(39)28-21-35-29-14-8-7-13-27(28)29/h2-16,19,21,30,35H,17-18,20,22H2,1H3,(H,34,39)(H,36,38)/t30-/m0/s1.